The first-order chi connectivity index (χ1) is 8.72. The summed E-state index contributed by atoms with van der Waals surface area (Å²) in [4.78, 5) is 14.5. The molecular weight excluding hydrogens is 296 g/mol. The lowest BCUT2D eigenvalue weighted by molar-refractivity contribution is 0.0603. The maximum atomic E-state index is 12.6. The van der Waals surface area contributed by atoms with Crippen LogP contribution in [0.5, 0.6) is 5.75 Å². The highest BCUT2D eigenvalue weighted by Gasteiger charge is 2.36. The predicted octanol–water partition coefficient (Wildman–Crippen LogP) is 1.43. The topological polar surface area (TPSA) is 41.6 Å². The molecule has 0 radical (unpaired) electrons. The number of fused-ring (bicyclic) bond motifs is 2. The highest BCUT2D eigenvalue weighted by Crippen LogP contribution is 2.35. The quantitative estimate of drug-likeness (QED) is 0.853. The number of nitrogens with one attached hydrogen (secondary N) is 1. The molecule has 5 heteroatoms. The molecule has 96 valence electrons. The monoisotopic (exact) mass is 310 g/mol. The summed E-state index contributed by atoms with van der Waals surface area (Å²) in [5, 5.41) is 3.34. The smallest absolute Gasteiger partial charge is 0.255 e. The summed E-state index contributed by atoms with van der Waals surface area (Å²) in [6, 6.07) is 4.06. The van der Waals surface area contributed by atoms with Crippen LogP contribution in [0, 0.1) is 0 Å². The van der Waals surface area contributed by atoms with E-state index < -0.39 is 0 Å². The lowest BCUT2D eigenvalue weighted by Crippen LogP contribution is -2.56. The Hall–Kier alpha value is -1.07. The lowest BCUT2D eigenvalue weighted by Gasteiger charge is -2.40. The average molecular weight is 311 g/mol. The van der Waals surface area contributed by atoms with Gasteiger partial charge in [0, 0.05) is 35.7 Å². The van der Waals surface area contributed by atoms with E-state index in [0.717, 1.165) is 47.4 Å². The fourth-order valence-corrected chi connectivity index (χ4v) is 3.36. The number of hydrogen-bond donors (Lipinski definition) is 1. The summed E-state index contributed by atoms with van der Waals surface area (Å²) in [6.45, 7) is 2.52. The van der Waals surface area contributed by atoms with Crippen LogP contribution in [0.1, 0.15) is 15.9 Å². The number of ether oxygens (including phenoxy) is 1. The van der Waals surface area contributed by atoms with Crippen LogP contribution in [0.15, 0.2) is 16.6 Å². The molecule has 4 nitrogen and oxygen atoms in total. The van der Waals surface area contributed by atoms with Gasteiger partial charge in [0.1, 0.15) is 5.75 Å². The SMILES string of the molecule is COc1ccc(Br)c2c1CC1CNCCN1C2=O. The minimum Gasteiger partial charge on any atom is -0.496 e. The summed E-state index contributed by atoms with van der Waals surface area (Å²) in [5.74, 6) is 0.931. The van der Waals surface area contributed by atoms with Crippen molar-refractivity contribution in [3.8, 4) is 5.75 Å². The predicted molar refractivity (Wildman–Crippen MR) is 72.1 cm³/mol. The number of rotatable bonds is 1. The molecule has 0 aliphatic carbocycles. The van der Waals surface area contributed by atoms with E-state index in [4.69, 9.17) is 4.74 Å². The standard InChI is InChI=1S/C13H15BrN2O2/c1-18-11-3-2-10(14)12-9(11)6-8-7-15-4-5-16(8)13(12)17/h2-3,8,15H,4-7H2,1H3. The number of benzene rings is 1. The highest BCUT2D eigenvalue weighted by molar-refractivity contribution is 9.10. The third-order valence-electron chi connectivity index (χ3n) is 3.70. The van der Waals surface area contributed by atoms with Gasteiger partial charge in [-0.3, -0.25) is 4.79 Å². The Kier molecular flexibility index (Phi) is 3.03. The Labute approximate surface area is 114 Å². The summed E-state index contributed by atoms with van der Waals surface area (Å²) >= 11 is 3.48. The van der Waals surface area contributed by atoms with Gasteiger partial charge in [0.25, 0.3) is 5.91 Å². The third-order valence-corrected chi connectivity index (χ3v) is 4.36. The van der Waals surface area contributed by atoms with Gasteiger partial charge in [-0.1, -0.05) is 0 Å². The number of carbonyl (C=O) groups is 1. The second-order valence-electron chi connectivity index (χ2n) is 4.66. The van der Waals surface area contributed by atoms with Gasteiger partial charge in [-0.2, -0.15) is 0 Å². The van der Waals surface area contributed by atoms with E-state index in [1.165, 1.54) is 0 Å². The van der Waals surface area contributed by atoms with Crippen LogP contribution in [0.25, 0.3) is 0 Å². The van der Waals surface area contributed by atoms with Gasteiger partial charge < -0.3 is 15.0 Å². The number of carbonyl (C=O) groups excluding carboxylic acids is 1. The number of hydrogen-bond acceptors (Lipinski definition) is 3. The van der Waals surface area contributed by atoms with Crippen molar-refractivity contribution in [3.05, 3.63) is 27.7 Å². The molecule has 1 saturated heterocycles. The zero-order chi connectivity index (χ0) is 12.7. The Morgan fingerprint density at radius 1 is 1.50 bits per heavy atom. The number of halogens is 1. The molecule has 1 atom stereocenters. The first kappa shape index (κ1) is 12.0. The largest absolute Gasteiger partial charge is 0.496 e. The Morgan fingerprint density at radius 3 is 3.11 bits per heavy atom. The van der Waals surface area contributed by atoms with E-state index >= 15 is 0 Å². The van der Waals surface area contributed by atoms with Gasteiger partial charge in [-0.05, 0) is 34.5 Å². The fourth-order valence-electron chi connectivity index (χ4n) is 2.82. The molecule has 1 aromatic rings. The van der Waals surface area contributed by atoms with Gasteiger partial charge in [0.05, 0.1) is 12.7 Å². The lowest BCUT2D eigenvalue weighted by atomic mass is 9.91. The third kappa shape index (κ3) is 1.73. The zero-order valence-corrected chi connectivity index (χ0v) is 11.8. The number of amides is 1. The summed E-state index contributed by atoms with van der Waals surface area (Å²) in [6.07, 6.45) is 0.858. The van der Waals surface area contributed by atoms with E-state index in [-0.39, 0.29) is 11.9 Å². The molecule has 0 aromatic heterocycles. The van der Waals surface area contributed by atoms with Gasteiger partial charge in [0.15, 0.2) is 0 Å². The number of methoxy groups -OCH3 is 1. The molecule has 0 saturated carbocycles. The molecule has 1 unspecified atom stereocenters. The first-order valence-electron chi connectivity index (χ1n) is 6.09. The minimum absolute atomic E-state index is 0.119. The van der Waals surface area contributed by atoms with Gasteiger partial charge in [0.2, 0.25) is 0 Å². The van der Waals surface area contributed by atoms with Crippen molar-refractivity contribution in [2.75, 3.05) is 26.7 Å². The van der Waals surface area contributed by atoms with Crippen molar-refractivity contribution in [3.63, 3.8) is 0 Å². The van der Waals surface area contributed by atoms with E-state index in [2.05, 4.69) is 21.2 Å². The second-order valence-corrected chi connectivity index (χ2v) is 5.52. The molecule has 1 amide bonds. The summed E-state index contributed by atoms with van der Waals surface area (Å²) < 4.78 is 6.25. The van der Waals surface area contributed by atoms with Gasteiger partial charge in [-0.25, -0.2) is 0 Å². The van der Waals surface area contributed by atoms with Crippen LogP contribution < -0.4 is 10.1 Å². The van der Waals surface area contributed by atoms with E-state index in [9.17, 15) is 4.79 Å². The molecule has 1 N–H and O–H groups in total. The zero-order valence-electron chi connectivity index (χ0n) is 10.2. The maximum absolute atomic E-state index is 12.6. The molecule has 0 spiro atoms. The molecule has 2 heterocycles. The molecule has 18 heavy (non-hydrogen) atoms. The fraction of sp³-hybridized carbons (Fsp3) is 0.462. The molecule has 2 aliphatic heterocycles. The Morgan fingerprint density at radius 2 is 2.33 bits per heavy atom. The van der Waals surface area contributed by atoms with Crippen molar-refractivity contribution in [2.24, 2.45) is 0 Å². The normalized spacial score (nSPS) is 22.4. The van der Waals surface area contributed by atoms with Crippen molar-refractivity contribution in [2.45, 2.75) is 12.5 Å². The summed E-state index contributed by atoms with van der Waals surface area (Å²) in [5.41, 5.74) is 1.80. The van der Waals surface area contributed by atoms with Crippen LogP contribution >= 0.6 is 15.9 Å². The minimum atomic E-state index is 0.119. The molecule has 1 fully saturated rings. The molecular formula is C13H15BrN2O2. The Balaban J connectivity index is 2.11. The summed E-state index contributed by atoms with van der Waals surface area (Å²) in [7, 11) is 1.65. The molecule has 3 rings (SSSR count). The second kappa shape index (κ2) is 4.55. The highest BCUT2D eigenvalue weighted by atomic mass is 79.9. The van der Waals surface area contributed by atoms with E-state index in [1.54, 1.807) is 7.11 Å². The van der Waals surface area contributed by atoms with Crippen molar-refractivity contribution < 1.29 is 9.53 Å². The van der Waals surface area contributed by atoms with Crippen LogP contribution in [0.3, 0.4) is 0 Å². The Bertz CT molecular complexity index is 504. The van der Waals surface area contributed by atoms with Crippen LogP contribution in [0.2, 0.25) is 0 Å². The van der Waals surface area contributed by atoms with E-state index in [1.807, 2.05) is 17.0 Å². The molecule has 2 aliphatic rings. The van der Waals surface area contributed by atoms with Crippen molar-refractivity contribution in [1.29, 1.82) is 0 Å². The van der Waals surface area contributed by atoms with Crippen molar-refractivity contribution >= 4 is 21.8 Å². The van der Waals surface area contributed by atoms with Crippen LogP contribution in [0.4, 0.5) is 0 Å². The first-order valence-corrected chi connectivity index (χ1v) is 6.88. The molecule has 1 aromatic carbocycles. The maximum Gasteiger partial charge on any atom is 0.255 e. The van der Waals surface area contributed by atoms with Crippen molar-refractivity contribution in [1.82, 2.24) is 10.2 Å². The molecule has 0 bridgehead atoms. The van der Waals surface area contributed by atoms with Gasteiger partial charge in [-0.15, -0.1) is 0 Å². The van der Waals surface area contributed by atoms with E-state index in [0.29, 0.717) is 0 Å². The van der Waals surface area contributed by atoms with Gasteiger partial charge >= 0.3 is 0 Å². The number of piperazine rings is 1. The number of nitrogens with zero attached hydrogens (tertiary/aromatic N) is 1. The average Bonchev–Trinajstić information content (AvgIpc) is 2.39. The van der Waals surface area contributed by atoms with Crippen LogP contribution in [-0.2, 0) is 6.42 Å². The van der Waals surface area contributed by atoms with Crippen LogP contribution in [-0.4, -0.2) is 43.6 Å².